The van der Waals surface area contributed by atoms with Gasteiger partial charge >= 0.3 is 6.61 Å². The van der Waals surface area contributed by atoms with Gasteiger partial charge in [-0.05, 0) is 25.5 Å². The van der Waals surface area contributed by atoms with E-state index in [1.54, 1.807) is 20.0 Å². The maximum atomic E-state index is 15.3. The third-order valence-electron chi connectivity index (χ3n) is 8.09. The molecule has 13 heteroatoms. The van der Waals surface area contributed by atoms with Crippen LogP contribution < -0.4 is 4.74 Å². The summed E-state index contributed by atoms with van der Waals surface area (Å²) in [4.78, 5) is 27.8. The normalized spacial score (nSPS) is 27.0. The Kier molecular flexibility index (Phi) is 5.11. The standard InChI is InChI=1S/C27H23F3N6O4/c1-26(38)10-27(39,11-26)24-31-7-12(8-32-24)20-15(28)9-36-22(33-20)19-14-6-16(21(19)34-36)35(2)23(37)13-4-3-5-17(18(13)14)40-25(29)30/h3-5,7-9,14,16,25,38-39H,6,10-11H2,1-2H3/t14-,16-,26?,27?/m1/s1. The first kappa shape index (κ1) is 24.9. The van der Waals surface area contributed by atoms with Crippen molar-refractivity contribution in [1.29, 1.82) is 0 Å². The lowest BCUT2D eigenvalue weighted by atomic mass is 9.68. The molecule has 40 heavy (non-hydrogen) atoms. The van der Waals surface area contributed by atoms with Gasteiger partial charge in [0.25, 0.3) is 5.91 Å². The van der Waals surface area contributed by atoms with Crippen LogP contribution in [0.4, 0.5) is 13.2 Å². The molecule has 0 radical (unpaired) electrons. The molecule has 1 aromatic carbocycles. The zero-order chi connectivity index (χ0) is 28.1. The minimum atomic E-state index is -3.09. The van der Waals surface area contributed by atoms with Crippen LogP contribution in [0.25, 0.3) is 16.9 Å². The molecule has 0 saturated heterocycles. The molecule has 1 aliphatic heterocycles. The van der Waals surface area contributed by atoms with Crippen LogP contribution in [0.5, 0.6) is 5.75 Å². The molecule has 3 aromatic heterocycles. The number of amides is 1. The summed E-state index contributed by atoms with van der Waals surface area (Å²) in [5.74, 6) is -1.59. The van der Waals surface area contributed by atoms with Crippen LogP contribution in [0.15, 0.2) is 36.8 Å². The van der Waals surface area contributed by atoms with Crippen LogP contribution in [-0.2, 0) is 5.60 Å². The van der Waals surface area contributed by atoms with Crippen LogP contribution in [0.2, 0.25) is 0 Å². The second-order valence-electron chi connectivity index (χ2n) is 11.0. The average Bonchev–Trinajstić information content (AvgIpc) is 3.39. The van der Waals surface area contributed by atoms with E-state index in [9.17, 15) is 23.8 Å². The van der Waals surface area contributed by atoms with Gasteiger partial charge in [0.05, 0.1) is 23.5 Å². The lowest BCUT2D eigenvalue weighted by molar-refractivity contribution is -0.180. The third kappa shape index (κ3) is 3.53. The van der Waals surface area contributed by atoms with Gasteiger partial charge in [-0.2, -0.15) is 13.9 Å². The van der Waals surface area contributed by atoms with Crippen molar-refractivity contribution in [1.82, 2.24) is 29.5 Å². The zero-order valence-corrected chi connectivity index (χ0v) is 21.3. The number of ether oxygens (including phenoxy) is 1. The fourth-order valence-corrected chi connectivity index (χ4v) is 6.50. The molecular formula is C27H23F3N6O4. The molecule has 2 bridgehead atoms. The summed E-state index contributed by atoms with van der Waals surface area (Å²) in [6.45, 7) is -1.48. The SMILES string of the molecule is CN1C(=O)c2cccc(OC(F)F)c2[C@H]2C[C@@H]1c1nn3cc(F)c(-c4cnc(C5(O)CC(C)(O)C5)nc4)nc3c12. The van der Waals surface area contributed by atoms with Gasteiger partial charge in [-0.15, -0.1) is 0 Å². The van der Waals surface area contributed by atoms with Gasteiger partial charge < -0.3 is 19.8 Å². The minimum Gasteiger partial charge on any atom is -0.434 e. The van der Waals surface area contributed by atoms with Crippen LogP contribution in [-0.4, -0.2) is 64.8 Å². The third-order valence-corrected chi connectivity index (χ3v) is 8.09. The van der Waals surface area contributed by atoms with Crippen molar-refractivity contribution in [2.45, 2.75) is 56.0 Å². The summed E-state index contributed by atoms with van der Waals surface area (Å²) < 4.78 is 48.1. The Bertz CT molecular complexity index is 1700. The minimum absolute atomic E-state index is 0.0598. The van der Waals surface area contributed by atoms with Crippen LogP contribution >= 0.6 is 0 Å². The number of carbonyl (C=O) groups is 1. The number of aliphatic hydroxyl groups is 2. The maximum Gasteiger partial charge on any atom is 0.387 e. The monoisotopic (exact) mass is 552 g/mol. The first-order valence-electron chi connectivity index (χ1n) is 12.7. The smallest absolute Gasteiger partial charge is 0.387 e. The van der Waals surface area contributed by atoms with Crippen molar-refractivity contribution in [3.8, 4) is 17.0 Å². The van der Waals surface area contributed by atoms with E-state index in [0.29, 0.717) is 28.9 Å². The predicted molar refractivity (Wildman–Crippen MR) is 132 cm³/mol. The molecule has 2 N–H and O–H groups in total. The molecular weight excluding hydrogens is 529 g/mol. The van der Waals surface area contributed by atoms with Crippen LogP contribution in [0.3, 0.4) is 0 Å². The number of hydrogen-bond acceptors (Lipinski definition) is 8. The molecule has 4 heterocycles. The first-order valence-corrected chi connectivity index (χ1v) is 12.7. The molecule has 10 nitrogen and oxygen atoms in total. The van der Waals surface area contributed by atoms with Gasteiger partial charge in [-0.1, -0.05) is 6.07 Å². The van der Waals surface area contributed by atoms with Crippen molar-refractivity contribution < 1.29 is 32.9 Å². The van der Waals surface area contributed by atoms with Gasteiger partial charge in [0.1, 0.15) is 17.0 Å². The van der Waals surface area contributed by atoms with E-state index in [1.165, 1.54) is 33.9 Å². The zero-order valence-electron chi connectivity index (χ0n) is 21.3. The average molecular weight is 553 g/mol. The molecule has 2 atom stereocenters. The highest BCUT2D eigenvalue weighted by Gasteiger charge is 2.53. The molecule has 1 fully saturated rings. The molecule has 4 aromatic rings. The quantitative estimate of drug-likeness (QED) is 0.395. The van der Waals surface area contributed by atoms with Crippen molar-refractivity contribution in [2.24, 2.45) is 0 Å². The van der Waals surface area contributed by atoms with Crippen molar-refractivity contribution >= 4 is 11.6 Å². The number of rotatable bonds is 4. The highest BCUT2D eigenvalue weighted by Crippen LogP contribution is 2.53. The first-order chi connectivity index (χ1) is 19.0. The lowest BCUT2D eigenvalue weighted by Crippen LogP contribution is -2.53. The molecule has 0 spiro atoms. The topological polar surface area (TPSA) is 126 Å². The largest absolute Gasteiger partial charge is 0.434 e. The van der Waals surface area contributed by atoms with E-state index in [2.05, 4.69) is 20.1 Å². The Morgan fingerprint density at radius 2 is 1.88 bits per heavy atom. The van der Waals surface area contributed by atoms with Crippen LogP contribution in [0, 0.1) is 5.82 Å². The highest BCUT2D eigenvalue weighted by molar-refractivity contribution is 5.98. The van der Waals surface area contributed by atoms with E-state index >= 15 is 4.39 Å². The van der Waals surface area contributed by atoms with E-state index < -0.39 is 35.6 Å². The molecule has 0 unspecified atom stereocenters. The Balaban J connectivity index is 1.35. The van der Waals surface area contributed by atoms with Gasteiger partial charge in [0, 0.05) is 60.5 Å². The van der Waals surface area contributed by atoms with E-state index in [-0.39, 0.29) is 47.1 Å². The molecule has 1 amide bonds. The summed E-state index contributed by atoms with van der Waals surface area (Å²) in [7, 11) is 1.62. The number of alkyl halides is 2. The molecule has 1 saturated carbocycles. The summed E-state index contributed by atoms with van der Waals surface area (Å²) >= 11 is 0. The fourth-order valence-electron chi connectivity index (χ4n) is 6.50. The van der Waals surface area contributed by atoms with Crippen LogP contribution in [0.1, 0.15) is 71.1 Å². The van der Waals surface area contributed by atoms with Gasteiger partial charge in [0.15, 0.2) is 17.3 Å². The van der Waals surface area contributed by atoms with Gasteiger partial charge in [-0.3, -0.25) is 4.79 Å². The number of benzene rings is 1. The molecule has 7 rings (SSSR count). The fraction of sp³-hybridized carbons (Fsp3) is 0.370. The highest BCUT2D eigenvalue weighted by atomic mass is 19.3. The Morgan fingerprint density at radius 3 is 2.55 bits per heavy atom. The van der Waals surface area contributed by atoms with E-state index in [1.807, 2.05) is 0 Å². The number of fused-ring (bicyclic) bond motifs is 9. The molecule has 206 valence electrons. The number of aromatic nitrogens is 5. The second-order valence-corrected chi connectivity index (χ2v) is 11.0. The van der Waals surface area contributed by atoms with E-state index in [0.717, 1.165) is 6.20 Å². The Hall–Kier alpha value is -4.10. The van der Waals surface area contributed by atoms with Crippen molar-refractivity contribution in [3.05, 3.63) is 70.8 Å². The number of carbonyl (C=O) groups excluding carboxylic acids is 1. The lowest BCUT2D eigenvalue weighted by Gasteiger charge is -2.46. The van der Waals surface area contributed by atoms with Gasteiger partial charge in [-0.25, -0.2) is 23.9 Å². The second kappa shape index (κ2) is 8.21. The summed E-state index contributed by atoms with van der Waals surface area (Å²) in [6, 6.07) is 3.99. The van der Waals surface area contributed by atoms with E-state index in [4.69, 9.17) is 4.74 Å². The Labute approximate surface area is 225 Å². The number of hydrogen-bond donors (Lipinski definition) is 2. The maximum absolute atomic E-state index is 15.3. The summed E-state index contributed by atoms with van der Waals surface area (Å²) in [5.41, 5.74) is -0.206. The van der Waals surface area contributed by atoms with Crippen molar-refractivity contribution in [3.63, 3.8) is 0 Å². The summed E-state index contributed by atoms with van der Waals surface area (Å²) in [5, 5.41) is 25.3. The predicted octanol–water partition coefficient (Wildman–Crippen LogP) is 3.32. The van der Waals surface area contributed by atoms with Crippen molar-refractivity contribution in [2.75, 3.05) is 7.05 Å². The Morgan fingerprint density at radius 1 is 1.15 bits per heavy atom. The number of halogens is 3. The summed E-state index contributed by atoms with van der Waals surface area (Å²) in [6.07, 6.45) is 4.41. The van der Waals surface area contributed by atoms with Gasteiger partial charge in [0.2, 0.25) is 0 Å². The number of nitrogens with zero attached hydrogens (tertiary/aromatic N) is 6. The molecule has 3 aliphatic rings. The molecule has 2 aliphatic carbocycles.